The van der Waals surface area contributed by atoms with Gasteiger partial charge in [0.15, 0.2) is 59.2 Å². The lowest BCUT2D eigenvalue weighted by molar-refractivity contribution is -0.0503. The van der Waals surface area contributed by atoms with Crippen molar-refractivity contribution in [3.05, 3.63) is 80.4 Å². The van der Waals surface area contributed by atoms with E-state index in [1.54, 1.807) is 35.3 Å². The number of rotatable bonds is 17. The van der Waals surface area contributed by atoms with Gasteiger partial charge in [0.25, 0.3) is 11.7 Å². The Morgan fingerprint density at radius 1 is 0.593 bits per heavy atom. The van der Waals surface area contributed by atoms with Crippen molar-refractivity contribution in [2.45, 2.75) is 189 Å². The van der Waals surface area contributed by atoms with Crippen molar-refractivity contribution >= 4 is 213 Å². The van der Waals surface area contributed by atoms with Gasteiger partial charge in [-0.3, -0.25) is 18.3 Å². The molecule has 8 aromatic heterocycles. The first-order valence-corrected chi connectivity index (χ1v) is 47.5. The highest BCUT2D eigenvalue weighted by Crippen LogP contribution is 2.72. The number of aromatic amines is 1. The maximum Gasteiger partial charge on any atom is 0.340 e. The second-order valence-electron chi connectivity index (χ2n) is 25.9. The molecule has 2 saturated carbocycles. The minimum absolute atomic E-state index is 0.0365. The van der Waals surface area contributed by atoms with Crippen molar-refractivity contribution < 1.29 is 89.3 Å². The molecule has 0 bridgehead atoms. The highest BCUT2D eigenvalue weighted by atomic mass is 79.9. The quantitative estimate of drug-likeness (QED) is 0.0177. The fourth-order valence-electron chi connectivity index (χ4n) is 12.8. The number of fused-ring (bicyclic) bond motifs is 4. The van der Waals surface area contributed by atoms with E-state index in [4.69, 9.17) is 143 Å². The highest BCUT2D eigenvalue weighted by molar-refractivity contribution is 9.09. The Morgan fingerprint density at radius 2 is 1.06 bits per heavy atom. The topological polar surface area (TPSA) is 394 Å². The minimum atomic E-state index is -4.83. The van der Waals surface area contributed by atoms with Crippen molar-refractivity contribution in [3.63, 3.8) is 0 Å². The number of alkyl halides is 5. The van der Waals surface area contributed by atoms with Crippen LogP contribution in [0.15, 0.2) is 49.4 Å². The van der Waals surface area contributed by atoms with E-state index >= 15 is 0 Å². The van der Waals surface area contributed by atoms with Gasteiger partial charge in [0, 0.05) is 48.2 Å². The van der Waals surface area contributed by atoms with Crippen LogP contribution in [0.5, 0.6) is 0 Å². The minimum Gasteiger partial charge on any atom is -0.394 e. The number of pyridine rings is 4. The van der Waals surface area contributed by atoms with Gasteiger partial charge in [-0.05, 0) is 83.5 Å². The highest BCUT2D eigenvalue weighted by Gasteiger charge is 2.49. The predicted molar refractivity (Wildman–Crippen MR) is 411 cm³/mol. The lowest BCUT2D eigenvalue weighted by atomic mass is 10.00. The van der Waals surface area contributed by atoms with E-state index in [-0.39, 0.29) is 55.7 Å². The summed E-state index contributed by atoms with van der Waals surface area (Å²) in [6, 6.07) is 6.95. The van der Waals surface area contributed by atoms with Crippen LogP contribution in [0.3, 0.4) is 0 Å². The van der Waals surface area contributed by atoms with Crippen LogP contribution in [0.1, 0.15) is 111 Å². The Morgan fingerprint density at radius 3 is 1.56 bits per heavy atom. The Kier molecular flexibility index (Phi) is 32.0. The summed E-state index contributed by atoms with van der Waals surface area (Å²) in [6.45, 7) is 6.53. The summed E-state index contributed by atoms with van der Waals surface area (Å²) in [6.07, 6.45) is 2.11. The number of aliphatic hydroxyl groups is 3. The Labute approximate surface area is 672 Å². The third-order valence-corrected chi connectivity index (χ3v) is 30.1. The van der Waals surface area contributed by atoms with Crippen LogP contribution in [0, 0.1) is 11.8 Å². The second-order valence-corrected chi connectivity index (χ2v) is 44.1. The fourth-order valence-corrected chi connectivity index (χ4v) is 26.4. The second kappa shape index (κ2) is 38.6. The van der Waals surface area contributed by atoms with Crippen LogP contribution in [-0.4, -0.2) is 192 Å². The number of hydrogen-bond donors (Lipinski definition) is 9. The fraction of sp³-hybridized carbons (Fsp3) is 0.600. The van der Waals surface area contributed by atoms with Crippen molar-refractivity contribution in [2.24, 2.45) is 11.8 Å². The normalized spacial score (nSPS) is 28.0. The first-order valence-electron chi connectivity index (χ1n) is 33.4. The average Bonchev–Trinajstić information content (AvgIpc) is 1.62. The molecule has 14 rings (SSSR count). The molecule has 1 unspecified atom stereocenters. The Hall–Kier alpha value is -2.34. The summed E-state index contributed by atoms with van der Waals surface area (Å²) in [5, 5.41) is 42.1. The average molecular weight is 1870 g/mol. The van der Waals surface area contributed by atoms with Crippen LogP contribution in [0.2, 0.25) is 30.9 Å². The van der Waals surface area contributed by atoms with E-state index in [1.165, 1.54) is 40.8 Å². The molecule has 6 aliphatic rings. The van der Waals surface area contributed by atoms with Gasteiger partial charge in [0.05, 0.1) is 78.1 Å². The van der Waals surface area contributed by atoms with E-state index in [0.29, 0.717) is 66.5 Å². The number of nitrogens with one attached hydrogen (secondary N) is 3. The van der Waals surface area contributed by atoms with Crippen molar-refractivity contribution in [1.29, 1.82) is 0 Å². The molecule has 0 aromatic carbocycles. The molecule has 108 heavy (non-hydrogen) atoms. The monoisotopic (exact) mass is 1860 g/mol. The third-order valence-electron chi connectivity index (χ3n) is 18.1. The molecule has 0 radical (unpaired) electrons. The molecule has 4 aliphatic heterocycles. The first kappa shape index (κ1) is 89.6. The molecule has 6 fully saturated rings. The standard InChI is InChI=1S/C17H24ClFN4O8P2.C16H20ClFN4O3.C13H14Cl2FN3O.C7H12BrFO.C6H3Cl2N3.CH2Cl4O2P2/c18-12-5-10-14(16(22-12)21-9-3-1-2-4-9)20-7-23(10)17-13(19)15(24)11(31-17)6-30-33(28,29)8-32(25,26)27;17-12-5-10-9(15(21-12)20-8-3-1-2-4-8)6-19-22(10)16-13(18)14(24)11(7-23)25-16;1-3-8-6(2)10(16)13(20-8)19-5-17-11-7(19)4-9(14)18-12(11)15;1-3-5-4(2)6(9)7(8)10-5;7-4-1-3-5(6(8)11-4)10-2-9-3;2-8(3,6)1-9(4,5)7/h5,7,9,11,13,15,17,24H,1-4,6,8H2,(H,21,22)(H,28,29)(H2,25,26,27);5-6,8,11,13-14,16,23-24H,1-4,7H2,(H,20,21);4-6,8,10,13H,3H2,1-2H3;4-7H,3H2,1-2H3;1-2H,(H,9,10);1H2/t11-,13+,15-,17-;11-,13+,14-,16-;6-,8-,10+,13-;4-,5-,6+,7+;;/m1111../s1. The number of ether oxygens (including phenoxy) is 4. The van der Waals surface area contributed by atoms with Gasteiger partial charge in [-0.1, -0.05) is 139 Å². The smallest absolute Gasteiger partial charge is 0.340 e. The van der Waals surface area contributed by atoms with Crippen LogP contribution < -0.4 is 10.6 Å². The SMILES string of the molecule is CC[C@H]1O[C@@H](n2cnc3c(Cl)nc(Cl)cc32)[C@@H](F)[C@@H]1C.CC[C@H]1O[C@H](Br)[C@@H](F)[C@@H]1C.Clc1cc2[nH]cnc2c(Cl)n1.O=P(Cl)(Cl)CP(=O)(Cl)Cl.O=P(O)(O)CP(=O)(O)OC[C@H]1O[C@@H](n2cnc3c(NC4CCCC4)nc(Cl)cc32)[C@@H](F)[C@@H]1O.OC[C@H]1O[C@@H](n2ncc3c(NC4CCCC4)nc(Cl)cc32)[C@@H](F)[C@@H]1O. The van der Waals surface area contributed by atoms with Crippen molar-refractivity contribution in [2.75, 3.05) is 35.7 Å². The van der Waals surface area contributed by atoms with Gasteiger partial charge in [-0.25, -0.2) is 57.1 Å². The molecule has 600 valence electrons. The van der Waals surface area contributed by atoms with E-state index in [0.717, 1.165) is 56.9 Å². The van der Waals surface area contributed by atoms with E-state index in [9.17, 15) is 56.0 Å². The molecular weight excluding hydrogens is 1790 g/mol. The largest absolute Gasteiger partial charge is 0.394 e. The first-order chi connectivity index (χ1) is 50.7. The van der Waals surface area contributed by atoms with Crippen molar-refractivity contribution in [1.82, 2.24) is 58.8 Å². The van der Waals surface area contributed by atoms with Gasteiger partial charge in [-0.15, -0.1) is 0 Å². The number of aliphatic hydroxyl groups excluding tert-OH is 3. The lowest BCUT2D eigenvalue weighted by Gasteiger charge is -2.18. The van der Waals surface area contributed by atoms with Crippen LogP contribution in [0.25, 0.3) is 44.0 Å². The van der Waals surface area contributed by atoms with Crippen molar-refractivity contribution in [3.8, 4) is 0 Å². The molecule has 29 nitrogen and oxygen atoms in total. The summed E-state index contributed by atoms with van der Waals surface area (Å²) in [5.41, 5.74) is 4.00. The number of imidazole rings is 3. The van der Waals surface area contributed by atoms with Crippen LogP contribution in [-0.2, 0) is 41.7 Å². The summed E-state index contributed by atoms with van der Waals surface area (Å²) in [4.78, 5) is 59.0. The molecule has 12 heterocycles. The summed E-state index contributed by atoms with van der Waals surface area (Å²) >= 11 is 58.7. The number of hydrogen-bond acceptors (Lipinski definition) is 22. The lowest BCUT2D eigenvalue weighted by Crippen LogP contribution is -2.31. The van der Waals surface area contributed by atoms with Gasteiger partial charge in [-0.2, -0.15) is 5.10 Å². The van der Waals surface area contributed by atoms with Gasteiger partial charge in [0.2, 0.25) is 0 Å². The van der Waals surface area contributed by atoms with Gasteiger partial charge >= 0.3 is 15.2 Å². The van der Waals surface area contributed by atoms with E-state index < -0.39 is 120 Å². The zero-order chi connectivity index (χ0) is 79.2. The molecule has 4 saturated heterocycles. The molecule has 17 atom stereocenters. The number of nitrogens with zero attached hydrogens (tertiary/aromatic N) is 11. The maximum atomic E-state index is 14.9. The molecule has 48 heteroatoms. The van der Waals surface area contributed by atoms with Crippen LogP contribution in [0.4, 0.5) is 29.2 Å². The molecule has 9 N–H and O–H groups in total. The maximum absolute atomic E-state index is 14.9. The van der Waals surface area contributed by atoms with Gasteiger partial charge in [0.1, 0.15) is 84.5 Å². The Bertz CT molecular complexity index is 4560. The number of H-pyrrole nitrogens is 1. The molecule has 8 aromatic rings. The summed E-state index contributed by atoms with van der Waals surface area (Å²) < 4.78 is 132. The zero-order valence-corrected chi connectivity index (χ0v) is 69.9. The zero-order valence-electron chi connectivity index (χ0n) is 57.1. The van der Waals surface area contributed by atoms with E-state index in [1.807, 2.05) is 27.7 Å². The number of anilines is 2. The summed E-state index contributed by atoms with van der Waals surface area (Å²) in [5.74, 6) is -7.73. The number of aromatic nitrogens is 12. The number of halogens is 15. The molecular formula is C60H75BrCl10F4N14O15P4. The van der Waals surface area contributed by atoms with E-state index in [2.05, 4.69) is 76.1 Å². The Balaban J connectivity index is 0.000000159. The summed E-state index contributed by atoms with van der Waals surface area (Å²) in [7, 11) is -9.52. The molecule has 2 aliphatic carbocycles. The third kappa shape index (κ3) is 23.3. The predicted octanol–water partition coefficient (Wildman–Crippen LogP) is 17.5. The van der Waals surface area contributed by atoms with Gasteiger partial charge < -0.3 is 78.2 Å². The van der Waals surface area contributed by atoms with Crippen LogP contribution >= 0.6 is 157 Å². The molecule has 0 spiro atoms. The molecule has 0 amide bonds.